The quantitative estimate of drug-likeness (QED) is 0.626. The summed E-state index contributed by atoms with van der Waals surface area (Å²) in [4.78, 5) is 13.1. The van der Waals surface area contributed by atoms with Gasteiger partial charge < -0.3 is 4.90 Å². The van der Waals surface area contributed by atoms with E-state index in [9.17, 15) is 4.79 Å². The van der Waals surface area contributed by atoms with Crippen LogP contribution in [-0.2, 0) is 11.3 Å². The monoisotopic (exact) mass is 168 g/mol. The van der Waals surface area contributed by atoms with Gasteiger partial charge in [-0.2, -0.15) is 0 Å². The lowest BCUT2D eigenvalue weighted by Crippen LogP contribution is -2.19. The largest absolute Gasteiger partial charge is 0.330 e. The molecule has 3 heteroatoms. The molecule has 0 atom stereocenters. The number of nitrogens with zero attached hydrogens (tertiary/aromatic N) is 1. The fourth-order valence-corrected chi connectivity index (χ4v) is 1.52. The molecule has 59 valence electrons. The second-order valence-electron chi connectivity index (χ2n) is 2.18. The van der Waals surface area contributed by atoms with E-state index >= 15 is 0 Å². The van der Waals surface area contributed by atoms with Crippen molar-refractivity contribution >= 4 is 17.7 Å². The molecule has 1 amide bonds. The van der Waals surface area contributed by atoms with Gasteiger partial charge in [-0.3, -0.25) is 4.79 Å². The Kier molecular flexibility index (Phi) is 3.11. The smallest absolute Gasteiger partial charge is 0.312 e. The molecule has 1 rings (SSSR count). The molecule has 0 fully saturated rings. The number of amides is 1. The van der Waals surface area contributed by atoms with E-state index in [0.717, 1.165) is 6.54 Å². The Morgan fingerprint density at radius 3 is 3.00 bits per heavy atom. The molecule has 0 unspecified atom stereocenters. The topological polar surface area (TPSA) is 20.3 Å². The molecule has 0 aliphatic carbocycles. The van der Waals surface area contributed by atoms with Gasteiger partial charge in [0.15, 0.2) is 0 Å². The van der Waals surface area contributed by atoms with Crippen LogP contribution in [0.3, 0.4) is 0 Å². The van der Waals surface area contributed by atoms with Gasteiger partial charge in [0, 0.05) is 11.4 Å². The third-order valence-corrected chi connectivity index (χ3v) is 2.30. The van der Waals surface area contributed by atoms with E-state index in [0.29, 0.717) is 6.54 Å². The van der Waals surface area contributed by atoms with E-state index in [4.69, 9.17) is 0 Å². The van der Waals surface area contributed by atoms with Gasteiger partial charge in [-0.1, -0.05) is 6.07 Å². The molecule has 1 heterocycles. The second kappa shape index (κ2) is 4.13. The van der Waals surface area contributed by atoms with Crippen LogP contribution in [0.2, 0.25) is 0 Å². The maximum absolute atomic E-state index is 10.3. The van der Waals surface area contributed by atoms with Crippen LogP contribution in [-0.4, -0.2) is 17.9 Å². The summed E-state index contributed by atoms with van der Waals surface area (Å²) < 4.78 is 0. The average Bonchev–Trinajstić information content (AvgIpc) is 2.52. The zero-order valence-electron chi connectivity index (χ0n) is 6.41. The fourth-order valence-electron chi connectivity index (χ4n) is 0.799. The number of hydrogen-bond acceptors (Lipinski definition) is 2. The van der Waals surface area contributed by atoms with Crippen molar-refractivity contribution in [2.24, 2.45) is 0 Å². The van der Waals surface area contributed by atoms with E-state index < -0.39 is 0 Å². The molecular formula is C8H10NOS. The highest BCUT2D eigenvalue weighted by molar-refractivity contribution is 7.09. The Morgan fingerprint density at radius 1 is 1.73 bits per heavy atom. The van der Waals surface area contributed by atoms with Crippen molar-refractivity contribution in [3.05, 3.63) is 22.4 Å². The molecule has 2 nitrogen and oxygen atoms in total. The van der Waals surface area contributed by atoms with Crippen LogP contribution in [0.4, 0.5) is 0 Å². The van der Waals surface area contributed by atoms with E-state index in [1.54, 1.807) is 16.2 Å². The van der Waals surface area contributed by atoms with E-state index in [-0.39, 0.29) is 0 Å². The van der Waals surface area contributed by atoms with Gasteiger partial charge >= 0.3 is 6.41 Å². The van der Waals surface area contributed by atoms with Gasteiger partial charge in [-0.25, -0.2) is 0 Å². The standard InChI is InChI=1S/C8H10NOS/c1-2-9(7-10)6-8-4-3-5-11-8/h3-5H,2,6H2,1H3. The van der Waals surface area contributed by atoms with Crippen molar-refractivity contribution in [3.8, 4) is 0 Å². The van der Waals surface area contributed by atoms with Crippen molar-refractivity contribution in [1.29, 1.82) is 0 Å². The third kappa shape index (κ3) is 2.35. The highest BCUT2D eigenvalue weighted by Crippen LogP contribution is 2.10. The minimum Gasteiger partial charge on any atom is -0.330 e. The Hall–Kier alpha value is -0.830. The minimum absolute atomic E-state index is 0.692. The summed E-state index contributed by atoms with van der Waals surface area (Å²) in [6.45, 7) is 3.36. The van der Waals surface area contributed by atoms with Crippen molar-refractivity contribution < 1.29 is 4.79 Å². The van der Waals surface area contributed by atoms with Gasteiger partial charge in [0.05, 0.1) is 6.54 Å². The molecule has 11 heavy (non-hydrogen) atoms. The van der Waals surface area contributed by atoms with Crippen LogP contribution in [0.1, 0.15) is 11.8 Å². The number of hydrogen-bond donors (Lipinski definition) is 0. The molecule has 0 aliphatic heterocycles. The summed E-state index contributed by atoms with van der Waals surface area (Å²) in [7, 11) is 0. The van der Waals surface area contributed by atoms with Gasteiger partial charge in [0.1, 0.15) is 0 Å². The first-order chi connectivity index (χ1) is 5.36. The molecule has 0 N–H and O–H groups in total. The van der Waals surface area contributed by atoms with Crippen molar-refractivity contribution in [3.63, 3.8) is 0 Å². The summed E-state index contributed by atoms with van der Waals surface area (Å²) in [5.74, 6) is 0. The van der Waals surface area contributed by atoms with E-state index in [1.807, 2.05) is 30.8 Å². The Balaban J connectivity index is 2.47. The maximum Gasteiger partial charge on any atom is 0.312 e. The highest BCUT2D eigenvalue weighted by atomic mass is 32.1. The minimum atomic E-state index is 0.692. The Bertz CT molecular complexity index is 208. The van der Waals surface area contributed by atoms with Crippen molar-refractivity contribution in [2.45, 2.75) is 13.5 Å². The van der Waals surface area contributed by atoms with Crippen LogP contribution in [0, 0.1) is 0 Å². The lowest BCUT2D eigenvalue weighted by atomic mass is 10.4. The van der Waals surface area contributed by atoms with Crippen LogP contribution < -0.4 is 0 Å². The average molecular weight is 168 g/mol. The van der Waals surface area contributed by atoms with Gasteiger partial charge in [-0.15, -0.1) is 11.3 Å². The summed E-state index contributed by atoms with van der Waals surface area (Å²) in [5.41, 5.74) is 0. The first-order valence-corrected chi connectivity index (χ1v) is 4.40. The fraction of sp³-hybridized carbons (Fsp3) is 0.375. The first kappa shape index (κ1) is 8.27. The predicted octanol–water partition coefficient (Wildman–Crippen LogP) is 1.64. The Morgan fingerprint density at radius 2 is 2.55 bits per heavy atom. The molecule has 0 bridgehead atoms. The molecule has 1 aromatic heterocycles. The maximum atomic E-state index is 10.3. The third-order valence-electron chi connectivity index (χ3n) is 1.44. The molecule has 1 radical (unpaired) electrons. The Labute approximate surface area is 70.5 Å². The molecular weight excluding hydrogens is 158 g/mol. The zero-order valence-corrected chi connectivity index (χ0v) is 7.23. The summed E-state index contributed by atoms with van der Waals surface area (Å²) >= 11 is 1.66. The van der Waals surface area contributed by atoms with Crippen LogP contribution in [0.5, 0.6) is 0 Å². The summed E-state index contributed by atoms with van der Waals surface area (Å²) in [6, 6.07) is 4.00. The molecule has 1 aromatic rings. The van der Waals surface area contributed by atoms with Gasteiger partial charge in [0.2, 0.25) is 0 Å². The molecule has 0 spiro atoms. The number of rotatable bonds is 4. The lowest BCUT2D eigenvalue weighted by Gasteiger charge is -2.10. The van der Waals surface area contributed by atoms with Crippen LogP contribution in [0.25, 0.3) is 0 Å². The molecule has 0 aliphatic rings. The van der Waals surface area contributed by atoms with Crippen LogP contribution in [0.15, 0.2) is 17.5 Å². The van der Waals surface area contributed by atoms with E-state index in [1.165, 1.54) is 4.88 Å². The number of thiophene rings is 1. The lowest BCUT2D eigenvalue weighted by molar-refractivity contribution is 0.392. The number of carbonyl (C=O) groups excluding carboxylic acids is 1. The normalized spacial score (nSPS) is 9.55. The van der Waals surface area contributed by atoms with Crippen LogP contribution >= 0.6 is 11.3 Å². The molecule has 0 saturated carbocycles. The summed E-state index contributed by atoms with van der Waals surface area (Å²) in [6.07, 6.45) is 1.88. The van der Waals surface area contributed by atoms with Crippen molar-refractivity contribution in [2.75, 3.05) is 6.54 Å². The van der Waals surface area contributed by atoms with Gasteiger partial charge in [-0.05, 0) is 18.4 Å². The van der Waals surface area contributed by atoms with Gasteiger partial charge in [0.25, 0.3) is 0 Å². The first-order valence-electron chi connectivity index (χ1n) is 3.52. The summed E-state index contributed by atoms with van der Waals surface area (Å²) in [5, 5.41) is 2.01. The second-order valence-corrected chi connectivity index (χ2v) is 3.22. The predicted molar refractivity (Wildman–Crippen MR) is 46.1 cm³/mol. The molecule has 0 aromatic carbocycles. The zero-order chi connectivity index (χ0) is 8.10. The SMILES string of the molecule is CCN([C]=O)Cc1cccs1. The van der Waals surface area contributed by atoms with E-state index in [2.05, 4.69) is 0 Å². The highest BCUT2D eigenvalue weighted by Gasteiger charge is 2.00. The molecule has 0 saturated heterocycles. The van der Waals surface area contributed by atoms with Crippen molar-refractivity contribution in [1.82, 2.24) is 4.90 Å².